The first kappa shape index (κ1) is 11.1. The predicted octanol–water partition coefficient (Wildman–Crippen LogP) is 3.86. The summed E-state index contributed by atoms with van der Waals surface area (Å²) in [5.41, 5.74) is 2.91. The van der Waals surface area contributed by atoms with Crippen LogP contribution >= 0.6 is 22.9 Å². The number of ether oxygens (including phenoxy) is 1. The third-order valence-corrected chi connectivity index (χ3v) is 4.06. The molecule has 0 radical (unpaired) electrons. The lowest BCUT2D eigenvalue weighted by Gasteiger charge is -2.06. The zero-order valence-corrected chi connectivity index (χ0v) is 10.9. The van der Waals surface area contributed by atoms with Crippen LogP contribution in [0.4, 0.5) is 0 Å². The summed E-state index contributed by atoms with van der Waals surface area (Å²) < 4.78 is 6.31. The maximum Gasteiger partial charge on any atom is 0.183 e. The van der Waals surface area contributed by atoms with Crippen LogP contribution in [0.25, 0.3) is 0 Å². The van der Waals surface area contributed by atoms with Gasteiger partial charge in [-0.2, -0.15) is 0 Å². The topological polar surface area (TPSA) is 22.1 Å². The van der Waals surface area contributed by atoms with Gasteiger partial charge >= 0.3 is 0 Å². The fourth-order valence-electron chi connectivity index (χ4n) is 2.14. The molecular weight excluding hydrogens is 254 g/mol. The zero-order valence-electron chi connectivity index (χ0n) is 9.28. The number of thiazole rings is 1. The Morgan fingerprint density at radius 3 is 3.00 bits per heavy atom. The molecule has 0 amide bonds. The summed E-state index contributed by atoms with van der Waals surface area (Å²) in [4.78, 5) is 5.04. The van der Waals surface area contributed by atoms with Crippen molar-refractivity contribution in [1.29, 1.82) is 0 Å². The van der Waals surface area contributed by atoms with Crippen LogP contribution in [-0.2, 0) is 19.4 Å². The molecule has 0 saturated heterocycles. The highest BCUT2D eigenvalue weighted by Gasteiger charge is 2.11. The first-order valence-corrected chi connectivity index (χ1v) is 6.85. The summed E-state index contributed by atoms with van der Waals surface area (Å²) in [5, 5.41) is 0. The van der Waals surface area contributed by atoms with Gasteiger partial charge in [0, 0.05) is 6.20 Å². The SMILES string of the molecule is Clc1ncc(COc2ccc3c(c2)CCC3)s1. The van der Waals surface area contributed by atoms with Crippen molar-refractivity contribution in [1.82, 2.24) is 4.98 Å². The van der Waals surface area contributed by atoms with E-state index >= 15 is 0 Å². The minimum absolute atomic E-state index is 0.545. The molecule has 0 N–H and O–H groups in total. The summed E-state index contributed by atoms with van der Waals surface area (Å²) in [6.07, 6.45) is 5.42. The Morgan fingerprint density at radius 1 is 1.29 bits per heavy atom. The summed E-state index contributed by atoms with van der Waals surface area (Å²) >= 11 is 7.23. The van der Waals surface area contributed by atoms with Crippen molar-refractivity contribution in [2.24, 2.45) is 0 Å². The van der Waals surface area contributed by atoms with Gasteiger partial charge in [-0.05, 0) is 42.5 Å². The molecule has 0 aliphatic heterocycles. The molecule has 0 unspecified atom stereocenters. The summed E-state index contributed by atoms with van der Waals surface area (Å²) in [6, 6.07) is 6.38. The highest BCUT2D eigenvalue weighted by molar-refractivity contribution is 7.15. The van der Waals surface area contributed by atoms with Gasteiger partial charge in [0.1, 0.15) is 12.4 Å². The van der Waals surface area contributed by atoms with Gasteiger partial charge in [-0.25, -0.2) is 4.98 Å². The van der Waals surface area contributed by atoms with Gasteiger partial charge < -0.3 is 4.74 Å². The minimum Gasteiger partial charge on any atom is -0.488 e. The number of aromatic nitrogens is 1. The lowest BCUT2D eigenvalue weighted by Crippen LogP contribution is -1.94. The molecule has 1 aliphatic rings. The molecule has 1 heterocycles. The molecule has 17 heavy (non-hydrogen) atoms. The van der Waals surface area contributed by atoms with Gasteiger partial charge in [-0.15, -0.1) is 11.3 Å². The van der Waals surface area contributed by atoms with E-state index in [1.165, 1.54) is 41.7 Å². The molecular formula is C13H12ClNOS. The number of aryl methyl sites for hydroxylation is 2. The van der Waals surface area contributed by atoms with Crippen molar-refractivity contribution in [3.8, 4) is 5.75 Å². The second-order valence-electron chi connectivity index (χ2n) is 4.15. The van der Waals surface area contributed by atoms with Gasteiger partial charge in [-0.1, -0.05) is 17.7 Å². The molecule has 0 fully saturated rings. The fraction of sp³-hybridized carbons (Fsp3) is 0.308. The number of fused-ring (bicyclic) bond motifs is 1. The molecule has 0 atom stereocenters. The predicted molar refractivity (Wildman–Crippen MR) is 69.9 cm³/mol. The molecule has 4 heteroatoms. The fourth-order valence-corrected chi connectivity index (χ4v) is 3.03. The van der Waals surface area contributed by atoms with Crippen molar-refractivity contribution in [2.75, 3.05) is 0 Å². The molecule has 0 spiro atoms. The van der Waals surface area contributed by atoms with E-state index in [2.05, 4.69) is 17.1 Å². The van der Waals surface area contributed by atoms with Crippen molar-refractivity contribution >= 4 is 22.9 Å². The molecule has 0 saturated carbocycles. The molecule has 3 rings (SSSR count). The van der Waals surface area contributed by atoms with Gasteiger partial charge in [-0.3, -0.25) is 0 Å². The van der Waals surface area contributed by atoms with Gasteiger partial charge in [0.05, 0.1) is 4.88 Å². The molecule has 2 nitrogen and oxygen atoms in total. The highest BCUT2D eigenvalue weighted by Crippen LogP contribution is 2.27. The normalized spacial score (nSPS) is 13.7. The van der Waals surface area contributed by atoms with Crippen LogP contribution < -0.4 is 4.74 Å². The Labute approximate surface area is 109 Å². The van der Waals surface area contributed by atoms with Gasteiger partial charge in [0.15, 0.2) is 4.47 Å². The Morgan fingerprint density at radius 2 is 2.18 bits per heavy atom. The molecule has 1 aromatic carbocycles. The van der Waals surface area contributed by atoms with Crippen molar-refractivity contribution < 1.29 is 4.74 Å². The average Bonchev–Trinajstić information content (AvgIpc) is 2.94. The molecule has 0 bridgehead atoms. The van der Waals surface area contributed by atoms with Crippen LogP contribution in [0.15, 0.2) is 24.4 Å². The second kappa shape index (κ2) is 4.67. The van der Waals surface area contributed by atoms with Crippen molar-refractivity contribution in [3.05, 3.63) is 44.9 Å². The van der Waals surface area contributed by atoms with E-state index in [1.807, 2.05) is 6.07 Å². The summed E-state index contributed by atoms with van der Waals surface area (Å²) in [6.45, 7) is 0.545. The van der Waals surface area contributed by atoms with E-state index in [1.54, 1.807) is 6.20 Å². The standard InChI is InChI=1S/C13H12ClNOS/c14-13-15-7-12(17-13)8-16-11-5-4-9-2-1-3-10(9)6-11/h4-7H,1-3,8H2. The number of benzene rings is 1. The number of halogens is 1. The van der Waals surface area contributed by atoms with Gasteiger partial charge in [0.25, 0.3) is 0 Å². The van der Waals surface area contributed by atoms with E-state index in [0.717, 1.165) is 10.6 Å². The Hall–Kier alpha value is -1.06. The Kier molecular flexibility index (Phi) is 3.04. The second-order valence-corrected chi connectivity index (χ2v) is 5.85. The highest BCUT2D eigenvalue weighted by atomic mass is 35.5. The van der Waals surface area contributed by atoms with Crippen molar-refractivity contribution in [3.63, 3.8) is 0 Å². The average molecular weight is 266 g/mol. The third-order valence-electron chi connectivity index (χ3n) is 2.98. The number of hydrogen-bond donors (Lipinski definition) is 0. The Balaban J connectivity index is 1.69. The molecule has 1 aliphatic carbocycles. The largest absolute Gasteiger partial charge is 0.488 e. The van der Waals surface area contributed by atoms with E-state index in [0.29, 0.717) is 11.1 Å². The third kappa shape index (κ3) is 2.45. The van der Waals surface area contributed by atoms with Crippen molar-refractivity contribution in [2.45, 2.75) is 25.9 Å². The van der Waals surface area contributed by atoms with Crippen LogP contribution in [-0.4, -0.2) is 4.98 Å². The van der Waals surface area contributed by atoms with Crippen LogP contribution in [0.2, 0.25) is 4.47 Å². The van der Waals surface area contributed by atoms with Crippen LogP contribution in [0, 0.1) is 0 Å². The summed E-state index contributed by atoms with van der Waals surface area (Å²) in [5.74, 6) is 0.940. The first-order valence-electron chi connectivity index (χ1n) is 5.66. The number of rotatable bonds is 3. The summed E-state index contributed by atoms with van der Waals surface area (Å²) in [7, 11) is 0. The number of nitrogens with zero attached hydrogens (tertiary/aromatic N) is 1. The van der Waals surface area contributed by atoms with Crippen LogP contribution in [0.3, 0.4) is 0 Å². The molecule has 1 aromatic heterocycles. The van der Waals surface area contributed by atoms with E-state index in [-0.39, 0.29) is 0 Å². The molecule has 88 valence electrons. The lowest BCUT2D eigenvalue weighted by molar-refractivity contribution is 0.309. The number of hydrogen-bond acceptors (Lipinski definition) is 3. The van der Waals surface area contributed by atoms with Crippen LogP contribution in [0.5, 0.6) is 5.75 Å². The first-order chi connectivity index (χ1) is 8.31. The lowest BCUT2D eigenvalue weighted by atomic mass is 10.1. The molecule has 2 aromatic rings. The maximum absolute atomic E-state index is 5.77. The Bertz CT molecular complexity index is 538. The van der Waals surface area contributed by atoms with E-state index in [9.17, 15) is 0 Å². The monoisotopic (exact) mass is 265 g/mol. The smallest absolute Gasteiger partial charge is 0.183 e. The quantitative estimate of drug-likeness (QED) is 0.841. The van der Waals surface area contributed by atoms with Crippen LogP contribution in [0.1, 0.15) is 22.4 Å². The minimum atomic E-state index is 0.545. The maximum atomic E-state index is 5.77. The van der Waals surface area contributed by atoms with E-state index < -0.39 is 0 Å². The zero-order chi connectivity index (χ0) is 11.7. The van der Waals surface area contributed by atoms with E-state index in [4.69, 9.17) is 16.3 Å². The van der Waals surface area contributed by atoms with Gasteiger partial charge in [0.2, 0.25) is 0 Å².